The van der Waals surface area contributed by atoms with Gasteiger partial charge in [0.25, 0.3) is 0 Å². The second kappa shape index (κ2) is 10.1. The van der Waals surface area contributed by atoms with Crippen LogP contribution < -0.4 is 10.2 Å². The summed E-state index contributed by atoms with van der Waals surface area (Å²) >= 11 is 0. The summed E-state index contributed by atoms with van der Waals surface area (Å²) in [6.45, 7) is 6.05. The number of nitrogens with zero attached hydrogens (tertiary/aromatic N) is 5. The normalized spacial score (nSPS) is 14.7. The van der Waals surface area contributed by atoms with E-state index in [4.69, 9.17) is 20.3 Å². The number of hydrogen-bond donors (Lipinski definition) is 2. The first kappa shape index (κ1) is 23.6. The molecule has 1 fully saturated rings. The molecule has 178 valence electrons. The summed E-state index contributed by atoms with van der Waals surface area (Å²) in [5.41, 5.74) is 0.0720. The van der Waals surface area contributed by atoms with E-state index >= 15 is 8.78 Å². The highest BCUT2D eigenvalue weighted by Crippen LogP contribution is 2.31. The molecule has 0 amide bonds. The molecule has 11 heteroatoms. The number of benzene rings is 1. The van der Waals surface area contributed by atoms with Crippen molar-refractivity contribution >= 4 is 5.84 Å². The summed E-state index contributed by atoms with van der Waals surface area (Å²) in [6, 6.07) is 8.38. The Morgan fingerprint density at radius 2 is 1.88 bits per heavy atom. The van der Waals surface area contributed by atoms with Crippen LogP contribution in [0.1, 0.15) is 11.3 Å². The molecule has 2 N–H and O–H groups in total. The van der Waals surface area contributed by atoms with E-state index in [0.717, 1.165) is 32.8 Å². The Kier molecular flexibility index (Phi) is 7.03. The highest BCUT2D eigenvalue weighted by atomic mass is 19.3. The van der Waals surface area contributed by atoms with E-state index in [-0.39, 0.29) is 11.3 Å². The minimum absolute atomic E-state index is 0.257. The molecule has 0 unspecified atom stereocenters. The van der Waals surface area contributed by atoms with Crippen LogP contribution >= 0.6 is 0 Å². The highest BCUT2D eigenvalue weighted by Gasteiger charge is 2.39. The predicted octanol–water partition coefficient (Wildman–Crippen LogP) is 2.46. The first-order valence-corrected chi connectivity index (χ1v) is 10.8. The van der Waals surface area contributed by atoms with Crippen molar-refractivity contribution < 1.29 is 18.3 Å². The van der Waals surface area contributed by atoms with E-state index in [9.17, 15) is 0 Å². The molecule has 0 aliphatic carbocycles. The number of halogens is 2. The molecule has 0 atom stereocenters. The molecule has 0 spiro atoms. The fraction of sp³-hybridized carbons (Fsp3) is 0.348. The average Bonchev–Trinajstić information content (AvgIpc) is 2.86. The van der Waals surface area contributed by atoms with Gasteiger partial charge in [0.15, 0.2) is 17.4 Å². The summed E-state index contributed by atoms with van der Waals surface area (Å²) in [6.07, 6.45) is 3.01. The Morgan fingerprint density at radius 3 is 2.62 bits per heavy atom. The van der Waals surface area contributed by atoms with Crippen molar-refractivity contribution in [3.05, 3.63) is 65.5 Å². The number of aryl methyl sites for hydroxylation is 1. The molecule has 1 aromatic carbocycles. The second-order valence-corrected chi connectivity index (χ2v) is 7.82. The van der Waals surface area contributed by atoms with Crippen molar-refractivity contribution in [3.8, 4) is 17.1 Å². The zero-order valence-electron chi connectivity index (χ0n) is 18.7. The van der Waals surface area contributed by atoms with E-state index in [2.05, 4.69) is 20.0 Å². The number of aromatic nitrogens is 4. The van der Waals surface area contributed by atoms with E-state index in [0.29, 0.717) is 28.3 Å². The smallest absolute Gasteiger partial charge is 0.331 e. The van der Waals surface area contributed by atoms with Crippen molar-refractivity contribution in [2.24, 2.45) is 0 Å². The van der Waals surface area contributed by atoms with Crippen molar-refractivity contribution in [2.75, 3.05) is 39.5 Å². The molecular weight excluding hydrogens is 444 g/mol. The van der Waals surface area contributed by atoms with Crippen molar-refractivity contribution in [2.45, 2.75) is 12.8 Å². The topological polar surface area (TPSA) is 113 Å². The minimum Gasteiger partial charge on any atom is -0.489 e. The Morgan fingerprint density at radius 1 is 1.15 bits per heavy atom. The fourth-order valence-corrected chi connectivity index (χ4v) is 3.47. The Bertz CT molecular complexity index is 1210. The second-order valence-electron chi connectivity index (χ2n) is 7.82. The van der Waals surface area contributed by atoms with Gasteiger partial charge in [-0.15, -0.1) is 0 Å². The van der Waals surface area contributed by atoms with Crippen LogP contribution in [0.4, 0.5) is 8.78 Å². The Labute approximate surface area is 195 Å². The van der Waals surface area contributed by atoms with Gasteiger partial charge in [-0.3, -0.25) is 15.7 Å². The van der Waals surface area contributed by atoms with Crippen LogP contribution in [0.5, 0.6) is 5.75 Å². The molecule has 1 aliphatic rings. The monoisotopic (exact) mass is 469 g/mol. The molecule has 0 bridgehead atoms. The van der Waals surface area contributed by atoms with Crippen molar-refractivity contribution in [3.63, 3.8) is 0 Å². The van der Waals surface area contributed by atoms with E-state index in [1.807, 2.05) is 0 Å². The molecule has 4 rings (SSSR count). The van der Waals surface area contributed by atoms with Gasteiger partial charge in [0.1, 0.15) is 12.1 Å². The predicted molar refractivity (Wildman–Crippen MR) is 120 cm³/mol. The maximum atomic E-state index is 15.2. The summed E-state index contributed by atoms with van der Waals surface area (Å²) in [4.78, 5) is 10.7. The van der Waals surface area contributed by atoms with E-state index in [1.54, 1.807) is 13.0 Å². The molecular formula is C23H25F2N7O2. The van der Waals surface area contributed by atoms with Gasteiger partial charge >= 0.3 is 5.92 Å². The summed E-state index contributed by atoms with van der Waals surface area (Å²) < 4.78 is 42.0. The number of ether oxygens (including phenoxy) is 2. The summed E-state index contributed by atoms with van der Waals surface area (Å²) in [5.74, 6) is -4.04. The van der Waals surface area contributed by atoms with Gasteiger partial charge in [-0.2, -0.15) is 18.6 Å². The van der Waals surface area contributed by atoms with Crippen molar-refractivity contribution in [1.82, 2.24) is 24.6 Å². The van der Waals surface area contributed by atoms with Crippen molar-refractivity contribution in [1.29, 1.82) is 10.8 Å². The lowest BCUT2D eigenvalue weighted by molar-refractivity contribution is 0.0322. The summed E-state index contributed by atoms with van der Waals surface area (Å²) in [5, 5.41) is 19.7. The molecule has 9 nitrogen and oxygen atoms in total. The molecule has 1 aliphatic heterocycles. The van der Waals surface area contributed by atoms with Crippen LogP contribution in [0.2, 0.25) is 0 Å². The van der Waals surface area contributed by atoms with E-state index in [1.165, 1.54) is 42.7 Å². The molecule has 2 aromatic heterocycles. The molecule has 0 saturated carbocycles. The third-order valence-electron chi connectivity index (χ3n) is 5.37. The summed E-state index contributed by atoms with van der Waals surface area (Å²) in [7, 11) is 0. The number of hydrogen-bond acceptors (Lipinski definition) is 8. The zero-order chi connectivity index (χ0) is 24.1. The maximum Gasteiger partial charge on any atom is 0.331 e. The molecule has 1 saturated heterocycles. The average molecular weight is 469 g/mol. The van der Waals surface area contributed by atoms with Gasteiger partial charge < -0.3 is 9.47 Å². The quantitative estimate of drug-likeness (QED) is 0.406. The fourth-order valence-electron chi connectivity index (χ4n) is 3.47. The molecule has 0 radical (unpaired) electrons. The van der Waals surface area contributed by atoms with Gasteiger partial charge in [0.2, 0.25) is 0 Å². The van der Waals surface area contributed by atoms with Crippen LogP contribution in [0, 0.1) is 17.7 Å². The van der Waals surface area contributed by atoms with Crippen LogP contribution in [-0.2, 0) is 10.7 Å². The Hall–Kier alpha value is -3.57. The van der Waals surface area contributed by atoms with Gasteiger partial charge in [-0.05, 0) is 25.1 Å². The first-order chi connectivity index (χ1) is 16.3. The third kappa shape index (κ3) is 5.32. The van der Waals surface area contributed by atoms with Crippen LogP contribution in [-0.4, -0.2) is 69.9 Å². The molecule has 3 heterocycles. The lowest BCUT2D eigenvalue weighted by Crippen LogP contribution is -2.39. The van der Waals surface area contributed by atoms with E-state index < -0.39 is 17.3 Å². The van der Waals surface area contributed by atoms with Crippen LogP contribution in [0.25, 0.3) is 11.4 Å². The lowest BCUT2D eigenvalue weighted by Gasteiger charge is -2.26. The van der Waals surface area contributed by atoms with Gasteiger partial charge in [-0.25, -0.2) is 9.97 Å². The van der Waals surface area contributed by atoms with Crippen LogP contribution in [0.3, 0.4) is 0 Å². The largest absolute Gasteiger partial charge is 0.489 e. The van der Waals surface area contributed by atoms with Gasteiger partial charge in [0.05, 0.1) is 31.3 Å². The highest BCUT2D eigenvalue weighted by molar-refractivity contribution is 5.88. The number of nitrogens with one attached hydrogen (secondary N) is 2. The number of morpholine rings is 1. The van der Waals surface area contributed by atoms with Gasteiger partial charge in [-0.1, -0.05) is 18.2 Å². The third-order valence-corrected chi connectivity index (χ3v) is 5.37. The first-order valence-electron chi connectivity index (χ1n) is 10.8. The maximum absolute atomic E-state index is 15.2. The van der Waals surface area contributed by atoms with Crippen LogP contribution in [0.15, 0.2) is 48.8 Å². The zero-order valence-corrected chi connectivity index (χ0v) is 18.7. The number of alkyl halides is 2. The molecule has 34 heavy (non-hydrogen) atoms. The number of rotatable bonds is 7. The Balaban J connectivity index is 1.46. The minimum atomic E-state index is -3.68. The standard InChI is InChI=1S/C23H25F2N7O2/c1-16-5-6-20(26)32(30-16)22(27)23(24,25)18-4-2-3-17(13-18)21-28-14-19(15-29-21)34-12-9-31-7-10-33-11-8-31/h2-6,13-15,26-27H,7-12H2,1H3. The van der Waals surface area contributed by atoms with Gasteiger partial charge in [0, 0.05) is 30.8 Å². The SMILES string of the molecule is Cc1ccc(=N)n(C(=N)C(F)(F)c2cccc(-c3ncc(OCCN4CCOCC4)cn3)c2)n1. The lowest BCUT2D eigenvalue weighted by atomic mass is 10.0. The molecule has 3 aromatic rings.